The predicted octanol–water partition coefficient (Wildman–Crippen LogP) is 3.31. The van der Waals surface area contributed by atoms with Crippen LogP contribution in [0.2, 0.25) is 10.0 Å². The van der Waals surface area contributed by atoms with Crippen molar-refractivity contribution in [2.24, 2.45) is 21.5 Å². The average Bonchev–Trinajstić information content (AvgIpc) is 2.72. The van der Waals surface area contributed by atoms with Gasteiger partial charge in [-0.1, -0.05) is 29.3 Å². The lowest BCUT2D eigenvalue weighted by molar-refractivity contribution is 0.306. The van der Waals surface area contributed by atoms with E-state index in [4.69, 9.17) is 44.0 Å². The highest BCUT2D eigenvalue weighted by atomic mass is 35.5. The van der Waals surface area contributed by atoms with E-state index in [0.717, 1.165) is 6.07 Å². The van der Waals surface area contributed by atoms with Gasteiger partial charge in [0.2, 0.25) is 11.9 Å². The van der Waals surface area contributed by atoms with Crippen molar-refractivity contribution in [3.63, 3.8) is 0 Å². The molecule has 0 aliphatic carbocycles. The minimum atomic E-state index is -4.95. The minimum Gasteiger partial charge on any atom is -0.487 e. The first-order valence-corrected chi connectivity index (χ1v) is 13.8. The van der Waals surface area contributed by atoms with E-state index in [2.05, 4.69) is 9.98 Å². The van der Waals surface area contributed by atoms with Gasteiger partial charge in [-0.25, -0.2) is 4.99 Å². The van der Waals surface area contributed by atoms with E-state index in [1.54, 1.807) is 23.1 Å². The van der Waals surface area contributed by atoms with Crippen LogP contribution in [0.1, 0.15) is 26.3 Å². The van der Waals surface area contributed by atoms with Crippen LogP contribution in [0.4, 0.5) is 9.57 Å². The van der Waals surface area contributed by atoms with Gasteiger partial charge in [0.05, 0.1) is 15.8 Å². The first-order valence-electron chi connectivity index (χ1n) is 10.0. The Morgan fingerprint density at radius 1 is 1.08 bits per heavy atom. The molecule has 0 spiro atoms. The van der Waals surface area contributed by atoms with Crippen LogP contribution in [-0.4, -0.2) is 44.7 Å². The van der Waals surface area contributed by atoms with Gasteiger partial charge in [0.15, 0.2) is 0 Å². The topological polar surface area (TPSA) is 178 Å². The maximum Gasteiger partial charge on any atom is 0.333 e. The van der Waals surface area contributed by atoms with E-state index < -0.39 is 30.9 Å². The van der Waals surface area contributed by atoms with Gasteiger partial charge in [0.25, 0.3) is 10.1 Å². The number of hydrogen-bond acceptors (Lipinski definition) is 10. The summed E-state index contributed by atoms with van der Waals surface area (Å²) in [5.41, 5.74) is 11.9. The number of anilines is 1. The molecule has 198 valence electrons. The Morgan fingerprint density at radius 2 is 1.69 bits per heavy atom. The average molecular weight is 584 g/mol. The second-order valence-electron chi connectivity index (χ2n) is 7.75. The zero-order valence-corrected chi connectivity index (χ0v) is 22.5. The van der Waals surface area contributed by atoms with Crippen molar-refractivity contribution in [3.8, 4) is 5.75 Å². The Balaban J connectivity index is 0.000000678. The molecular formula is C20H24Cl2FN5O6S2. The molecule has 2 aromatic carbocycles. The highest BCUT2D eigenvalue weighted by Crippen LogP contribution is 2.34. The molecule has 1 heterocycles. The fourth-order valence-electron chi connectivity index (χ4n) is 2.98. The molecule has 0 unspecified atom stereocenters. The molecule has 0 saturated carbocycles. The number of hydrogen-bond donors (Lipinski definition) is 3. The summed E-state index contributed by atoms with van der Waals surface area (Å²) in [6, 6.07) is 8.86. The highest BCUT2D eigenvalue weighted by Gasteiger charge is 2.33. The molecule has 0 saturated heterocycles. The maximum absolute atomic E-state index is 13.3. The fourth-order valence-corrected chi connectivity index (χ4v) is 4.20. The predicted molar refractivity (Wildman–Crippen MR) is 137 cm³/mol. The van der Waals surface area contributed by atoms with E-state index in [1.165, 1.54) is 19.1 Å². The molecule has 0 bridgehead atoms. The second-order valence-corrected chi connectivity index (χ2v) is 11.6. The lowest BCUT2D eigenvalue weighted by atomic mass is 10.1. The third-order valence-corrected chi connectivity index (χ3v) is 6.91. The first kappa shape index (κ1) is 29.6. The first-order chi connectivity index (χ1) is 16.4. The molecule has 0 fully saturated rings. The van der Waals surface area contributed by atoms with Crippen molar-refractivity contribution >= 4 is 61.1 Å². The number of nitrogens with two attached hydrogens (primary N) is 2. The number of aliphatic imine (C=N–C) groups is 2. The van der Waals surface area contributed by atoms with Crippen LogP contribution in [0.3, 0.4) is 0 Å². The van der Waals surface area contributed by atoms with Gasteiger partial charge < -0.3 is 16.2 Å². The molecule has 1 aliphatic heterocycles. The Morgan fingerprint density at radius 3 is 2.19 bits per heavy atom. The van der Waals surface area contributed by atoms with E-state index in [9.17, 15) is 20.7 Å². The van der Waals surface area contributed by atoms with Crippen molar-refractivity contribution in [1.29, 1.82) is 0 Å². The number of nitrogens with zero attached hydrogens (tertiary/aromatic N) is 3. The Bertz CT molecular complexity index is 1420. The van der Waals surface area contributed by atoms with Crippen LogP contribution in [-0.2, 0) is 26.9 Å². The third-order valence-electron chi connectivity index (χ3n) is 4.58. The minimum absolute atomic E-state index is 0.0572. The monoisotopic (exact) mass is 583 g/mol. The molecule has 11 nitrogen and oxygen atoms in total. The standard InChI is InChI=1S/C18H18Cl2FN5O3S.C2H6O3S/c1-18(2)25-16(22)24-17(23)26(18)11-4-6-14(13(20)8-11)29-9-10-3-5-12(19)15(7-10)30(21,27)28;1-2-6(3,4)5/h3-8H,9H2,1-2H3,(H4,22,23,24,25);2H2,1H3,(H,3,4,5). The second kappa shape index (κ2) is 11.2. The largest absolute Gasteiger partial charge is 0.487 e. The van der Waals surface area contributed by atoms with Crippen LogP contribution >= 0.6 is 23.2 Å². The van der Waals surface area contributed by atoms with E-state index in [1.807, 2.05) is 13.8 Å². The molecule has 3 rings (SSSR count). The molecule has 16 heteroatoms. The van der Waals surface area contributed by atoms with Crippen molar-refractivity contribution in [2.75, 3.05) is 10.7 Å². The Labute approximate surface area is 218 Å². The number of ether oxygens (including phenoxy) is 1. The van der Waals surface area contributed by atoms with Crippen molar-refractivity contribution in [1.82, 2.24) is 0 Å². The van der Waals surface area contributed by atoms with Crippen LogP contribution in [0.5, 0.6) is 5.75 Å². The highest BCUT2D eigenvalue weighted by molar-refractivity contribution is 7.86. The molecule has 5 N–H and O–H groups in total. The smallest absolute Gasteiger partial charge is 0.333 e. The molecule has 2 aromatic rings. The zero-order valence-electron chi connectivity index (χ0n) is 19.3. The number of benzene rings is 2. The van der Waals surface area contributed by atoms with E-state index in [-0.39, 0.29) is 34.3 Å². The summed E-state index contributed by atoms with van der Waals surface area (Å²) >= 11 is 12.1. The normalized spacial score (nSPS) is 15.4. The van der Waals surface area contributed by atoms with Gasteiger partial charge in [0, 0.05) is 5.69 Å². The summed E-state index contributed by atoms with van der Waals surface area (Å²) in [4.78, 5) is 9.30. The summed E-state index contributed by atoms with van der Waals surface area (Å²) in [6.07, 6.45) is 0. The van der Waals surface area contributed by atoms with Crippen LogP contribution in [0.15, 0.2) is 51.3 Å². The molecule has 0 amide bonds. The lowest BCUT2D eigenvalue weighted by Gasteiger charge is -2.38. The summed E-state index contributed by atoms with van der Waals surface area (Å²) in [5, 5.41) is 0.0567. The van der Waals surface area contributed by atoms with Crippen LogP contribution in [0.25, 0.3) is 0 Å². The van der Waals surface area contributed by atoms with Gasteiger partial charge in [-0.05, 0) is 56.7 Å². The van der Waals surface area contributed by atoms with Gasteiger partial charge in [0.1, 0.15) is 22.9 Å². The molecule has 0 atom stereocenters. The zero-order chi connectivity index (χ0) is 27.5. The fraction of sp³-hybridized carbons (Fsp3) is 0.300. The summed E-state index contributed by atoms with van der Waals surface area (Å²) in [5.74, 6) is 0.372. The quantitative estimate of drug-likeness (QED) is 0.339. The van der Waals surface area contributed by atoms with Gasteiger partial charge in [-0.15, -0.1) is 3.89 Å². The molecule has 0 aromatic heterocycles. The number of guanidine groups is 2. The van der Waals surface area contributed by atoms with E-state index in [0.29, 0.717) is 17.0 Å². The molecular weight excluding hydrogens is 560 g/mol. The summed E-state index contributed by atoms with van der Waals surface area (Å²) in [6.45, 7) is 4.95. The molecule has 1 aliphatic rings. The van der Waals surface area contributed by atoms with Gasteiger partial charge in [-0.2, -0.15) is 21.8 Å². The van der Waals surface area contributed by atoms with Crippen molar-refractivity contribution in [2.45, 2.75) is 37.9 Å². The third kappa shape index (κ3) is 7.93. The maximum atomic E-state index is 13.3. The SMILES string of the molecule is CC1(C)N=C(N)N=C(N)N1c1ccc(OCc2ccc(Cl)c(S(=O)(=O)F)c2)c(Cl)c1.CCS(=O)(=O)O. The van der Waals surface area contributed by atoms with Crippen LogP contribution in [0, 0.1) is 0 Å². The van der Waals surface area contributed by atoms with Gasteiger partial charge >= 0.3 is 10.2 Å². The van der Waals surface area contributed by atoms with Crippen LogP contribution < -0.4 is 21.1 Å². The van der Waals surface area contributed by atoms with Gasteiger partial charge in [-0.3, -0.25) is 9.45 Å². The summed E-state index contributed by atoms with van der Waals surface area (Å²) < 4.78 is 68.2. The Kier molecular flexibility index (Phi) is 9.18. The lowest BCUT2D eigenvalue weighted by Crippen LogP contribution is -2.54. The van der Waals surface area contributed by atoms with E-state index >= 15 is 0 Å². The van der Waals surface area contributed by atoms with Crippen molar-refractivity contribution < 1.29 is 30.0 Å². The Hall–Kier alpha value is -2.65. The summed E-state index contributed by atoms with van der Waals surface area (Å²) in [7, 11) is -8.61. The molecule has 36 heavy (non-hydrogen) atoms. The molecule has 0 radical (unpaired) electrons. The number of halogens is 3. The number of rotatable bonds is 6. The van der Waals surface area contributed by atoms with Crippen molar-refractivity contribution in [3.05, 3.63) is 52.0 Å².